The number of allylic oxidation sites excluding steroid dienone is 3. The molecule has 0 bridgehead atoms. The standard InChI is InChI=1S/C17H21F7O2/c1-2-3-4-5-10-13(18)16(21,22)17(23,24)15(19,20)12-9-7-6-8-11(12)14(25)26/h6-9,11-13H,2-5,10H2,1H3,(H,25,26). The second-order valence-corrected chi connectivity index (χ2v) is 6.30. The van der Waals surface area contributed by atoms with Gasteiger partial charge in [0.1, 0.15) is 0 Å². The Morgan fingerprint density at radius 2 is 1.62 bits per heavy atom. The van der Waals surface area contributed by atoms with Crippen LogP contribution >= 0.6 is 0 Å². The Labute approximate surface area is 146 Å². The van der Waals surface area contributed by atoms with E-state index in [1.54, 1.807) is 6.92 Å². The van der Waals surface area contributed by atoms with Crippen molar-refractivity contribution in [2.45, 2.75) is 63.0 Å². The molecular formula is C17H21F7O2. The number of alkyl halides is 7. The number of carbonyl (C=O) groups is 1. The molecule has 0 aromatic rings. The predicted molar refractivity (Wildman–Crippen MR) is 81.4 cm³/mol. The van der Waals surface area contributed by atoms with Gasteiger partial charge in [-0.1, -0.05) is 56.9 Å². The van der Waals surface area contributed by atoms with Gasteiger partial charge in [-0.05, 0) is 6.42 Å². The molecule has 9 heteroatoms. The lowest BCUT2D eigenvalue weighted by Crippen LogP contribution is -2.62. The Morgan fingerprint density at radius 3 is 2.15 bits per heavy atom. The number of carboxylic acid groups (broad SMARTS) is 1. The topological polar surface area (TPSA) is 37.3 Å². The zero-order valence-electron chi connectivity index (χ0n) is 14.1. The van der Waals surface area contributed by atoms with Gasteiger partial charge in [-0.2, -0.15) is 26.3 Å². The van der Waals surface area contributed by atoms with E-state index < -0.39 is 48.2 Å². The van der Waals surface area contributed by atoms with Crippen LogP contribution in [0.15, 0.2) is 24.3 Å². The van der Waals surface area contributed by atoms with Crippen molar-refractivity contribution in [1.29, 1.82) is 0 Å². The number of rotatable bonds is 10. The van der Waals surface area contributed by atoms with Crippen LogP contribution in [0.2, 0.25) is 0 Å². The Balaban J connectivity index is 3.05. The van der Waals surface area contributed by atoms with Crippen LogP contribution in [0.1, 0.15) is 39.0 Å². The number of hydrogen-bond donors (Lipinski definition) is 1. The molecule has 0 saturated carbocycles. The van der Waals surface area contributed by atoms with Crippen molar-refractivity contribution >= 4 is 5.97 Å². The molecule has 0 amide bonds. The molecule has 150 valence electrons. The van der Waals surface area contributed by atoms with Crippen molar-refractivity contribution < 1.29 is 40.6 Å². The highest BCUT2D eigenvalue weighted by Crippen LogP contribution is 2.54. The van der Waals surface area contributed by atoms with Gasteiger partial charge in [0.2, 0.25) is 0 Å². The van der Waals surface area contributed by atoms with Crippen molar-refractivity contribution in [3.05, 3.63) is 24.3 Å². The first kappa shape index (κ1) is 22.5. The van der Waals surface area contributed by atoms with E-state index in [1.165, 1.54) is 0 Å². The molecule has 0 saturated heterocycles. The monoisotopic (exact) mass is 390 g/mol. The lowest BCUT2D eigenvalue weighted by molar-refractivity contribution is -0.337. The molecular weight excluding hydrogens is 369 g/mol. The highest BCUT2D eigenvalue weighted by atomic mass is 19.3. The molecule has 0 aromatic carbocycles. The quantitative estimate of drug-likeness (QED) is 0.387. The van der Waals surface area contributed by atoms with Crippen LogP contribution in [-0.2, 0) is 4.79 Å². The Kier molecular flexibility index (Phi) is 7.30. The molecule has 3 atom stereocenters. The van der Waals surface area contributed by atoms with E-state index in [4.69, 9.17) is 5.11 Å². The molecule has 0 heterocycles. The van der Waals surface area contributed by atoms with Gasteiger partial charge in [0.15, 0.2) is 6.17 Å². The van der Waals surface area contributed by atoms with Crippen LogP contribution in [0.5, 0.6) is 0 Å². The number of hydrogen-bond acceptors (Lipinski definition) is 1. The van der Waals surface area contributed by atoms with Crippen LogP contribution in [0.3, 0.4) is 0 Å². The fourth-order valence-corrected chi connectivity index (χ4v) is 2.75. The average molecular weight is 390 g/mol. The fraction of sp³-hybridized carbons (Fsp3) is 0.706. The molecule has 1 rings (SSSR count). The molecule has 0 fully saturated rings. The summed E-state index contributed by atoms with van der Waals surface area (Å²) in [4.78, 5) is 11.0. The maximum atomic E-state index is 14.3. The van der Waals surface area contributed by atoms with E-state index in [9.17, 15) is 35.5 Å². The number of aliphatic carboxylic acids is 1. The molecule has 0 aromatic heterocycles. The van der Waals surface area contributed by atoms with Crippen LogP contribution in [0.25, 0.3) is 0 Å². The number of halogens is 7. The van der Waals surface area contributed by atoms with Gasteiger partial charge in [-0.15, -0.1) is 0 Å². The van der Waals surface area contributed by atoms with Gasteiger partial charge in [-0.3, -0.25) is 4.79 Å². The van der Waals surface area contributed by atoms with Gasteiger partial charge in [0, 0.05) is 0 Å². The molecule has 0 spiro atoms. The fourth-order valence-electron chi connectivity index (χ4n) is 2.75. The maximum absolute atomic E-state index is 14.3. The number of unbranched alkanes of at least 4 members (excludes halogenated alkanes) is 3. The van der Waals surface area contributed by atoms with Crippen LogP contribution in [0, 0.1) is 11.8 Å². The summed E-state index contributed by atoms with van der Waals surface area (Å²) < 4.78 is 98.1. The molecule has 1 N–H and O–H groups in total. The molecule has 1 aliphatic carbocycles. The maximum Gasteiger partial charge on any atom is 0.375 e. The van der Waals surface area contributed by atoms with E-state index in [-0.39, 0.29) is 6.42 Å². The first-order chi connectivity index (χ1) is 11.9. The molecule has 1 aliphatic rings. The Morgan fingerprint density at radius 1 is 1.04 bits per heavy atom. The van der Waals surface area contributed by atoms with Crippen molar-refractivity contribution in [2.75, 3.05) is 0 Å². The third-order valence-electron chi connectivity index (χ3n) is 4.38. The van der Waals surface area contributed by atoms with Crippen molar-refractivity contribution in [1.82, 2.24) is 0 Å². The summed E-state index contributed by atoms with van der Waals surface area (Å²) in [6, 6.07) is 0. The second kappa shape index (κ2) is 8.43. The van der Waals surface area contributed by atoms with Crippen molar-refractivity contribution in [3.63, 3.8) is 0 Å². The predicted octanol–water partition coefficient (Wildman–Crippen LogP) is 5.64. The lowest BCUT2D eigenvalue weighted by atomic mass is 9.79. The van der Waals surface area contributed by atoms with Crippen molar-refractivity contribution in [3.8, 4) is 0 Å². The molecule has 2 nitrogen and oxygen atoms in total. The van der Waals surface area contributed by atoms with E-state index in [2.05, 4.69) is 0 Å². The molecule has 26 heavy (non-hydrogen) atoms. The molecule has 0 aliphatic heterocycles. The zero-order chi connectivity index (χ0) is 20.2. The minimum absolute atomic E-state index is 0.143. The van der Waals surface area contributed by atoms with Crippen LogP contribution in [0.4, 0.5) is 30.7 Å². The highest BCUT2D eigenvalue weighted by Gasteiger charge is 2.76. The second-order valence-electron chi connectivity index (χ2n) is 6.30. The Bertz CT molecular complexity index is 543. The third kappa shape index (κ3) is 4.23. The molecule has 0 radical (unpaired) electrons. The third-order valence-corrected chi connectivity index (χ3v) is 4.38. The van der Waals surface area contributed by atoms with E-state index in [0.29, 0.717) is 31.4 Å². The van der Waals surface area contributed by atoms with Gasteiger partial charge in [-0.25, -0.2) is 4.39 Å². The van der Waals surface area contributed by atoms with E-state index >= 15 is 0 Å². The van der Waals surface area contributed by atoms with Gasteiger partial charge >= 0.3 is 23.7 Å². The summed E-state index contributed by atoms with van der Waals surface area (Å²) in [7, 11) is 0. The summed E-state index contributed by atoms with van der Waals surface area (Å²) in [6.07, 6.45) is 0.0151. The van der Waals surface area contributed by atoms with Crippen LogP contribution in [-0.4, -0.2) is 35.0 Å². The minimum atomic E-state index is -6.06. The van der Waals surface area contributed by atoms with Gasteiger partial charge in [0.25, 0.3) is 0 Å². The van der Waals surface area contributed by atoms with E-state index in [0.717, 1.165) is 12.2 Å². The van der Waals surface area contributed by atoms with Gasteiger partial charge in [0.05, 0.1) is 11.8 Å². The van der Waals surface area contributed by atoms with Crippen molar-refractivity contribution in [2.24, 2.45) is 11.8 Å². The Hall–Kier alpha value is -1.54. The average Bonchev–Trinajstić information content (AvgIpc) is 2.58. The summed E-state index contributed by atoms with van der Waals surface area (Å²) in [5.74, 6) is -23.9. The molecule has 3 unspecified atom stereocenters. The van der Waals surface area contributed by atoms with Crippen LogP contribution < -0.4 is 0 Å². The highest BCUT2D eigenvalue weighted by molar-refractivity contribution is 5.73. The lowest BCUT2D eigenvalue weighted by Gasteiger charge is -2.39. The normalized spacial score (nSPS) is 22.5. The summed E-state index contributed by atoms with van der Waals surface area (Å²) >= 11 is 0. The largest absolute Gasteiger partial charge is 0.481 e. The minimum Gasteiger partial charge on any atom is -0.481 e. The summed E-state index contributed by atoms with van der Waals surface area (Å²) in [6.45, 7) is 1.79. The summed E-state index contributed by atoms with van der Waals surface area (Å²) in [5, 5.41) is 8.89. The SMILES string of the molecule is CCCCCCC(F)C(F)(F)C(F)(F)C(F)(F)C1C=CC=CC1C(=O)O. The summed E-state index contributed by atoms with van der Waals surface area (Å²) in [5.41, 5.74) is 0. The first-order valence-corrected chi connectivity index (χ1v) is 8.26. The van der Waals surface area contributed by atoms with Gasteiger partial charge < -0.3 is 5.11 Å². The number of carboxylic acids is 1. The first-order valence-electron chi connectivity index (χ1n) is 8.26. The van der Waals surface area contributed by atoms with E-state index in [1.807, 2.05) is 0 Å². The smallest absolute Gasteiger partial charge is 0.375 e. The zero-order valence-corrected chi connectivity index (χ0v) is 14.1.